The predicted molar refractivity (Wildman–Crippen MR) is 81.7 cm³/mol. The molecule has 0 fully saturated rings. The van der Waals surface area contributed by atoms with Crippen molar-refractivity contribution in [1.29, 1.82) is 5.26 Å². The molecular weight excluding hydrogens is 323 g/mol. The number of carbonyl (C=O) groups excluding carboxylic acids is 2. The smallest absolute Gasteiger partial charge is 0.341 e. The fourth-order valence-electron chi connectivity index (χ4n) is 1.77. The van der Waals surface area contributed by atoms with Gasteiger partial charge in [-0.1, -0.05) is 11.6 Å². The number of hydrogen-bond donors (Lipinski definition) is 1. The number of halogens is 2. The summed E-state index contributed by atoms with van der Waals surface area (Å²) < 4.78 is 17.6. The van der Waals surface area contributed by atoms with Gasteiger partial charge in [0.2, 0.25) is 0 Å². The number of nitrogens with one attached hydrogen (secondary N) is 1. The van der Waals surface area contributed by atoms with E-state index < -0.39 is 24.3 Å². The first-order valence-electron chi connectivity index (χ1n) is 6.42. The van der Waals surface area contributed by atoms with E-state index in [1.807, 2.05) is 0 Å². The third-order valence-corrected chi connectivity index (χ3v) is 3.06. The second-order valence-corrected chi connectivity index (χ2v) is 4.82. The number of carbonyl (C=O) groups is 2. The van der Waals surface area contributed by atoms with Gasteiger partial charge in [-0.2, -0.15) is 5.26 Å². The molecule has 2 rings (SSSR count). The molecule has 0 spiro atoms. The highest BCUT2D eigenvalue weighted by Crippen LogP contribution is 2.22. The van der Waals surface area contributed by atoms with Crippen LogP contribution in [0.15, 0.2) is 42.5 Å². The first-order chi connectivity index (χ1) is 11.0. The van der Waals surface area contributed by atoms with Crippen molar-refractivity contribution in [2.75, 3.05) is 11.9 Å². The van der Waals surface area contributed by atoms with Crippen LogP contribution in [0.5, 0.6) is 0 Å². The molecule has 0 saturated carbocycles. The lowest BCUT2D eigenvalue weighted by molar-refractivity contribution is 0.0556. The first-order valence-corrected chi connectivity index (χ1v) is 6.79. The highest BCUT2D eigenvalue weighted by Gasteiger charge is 2.16. The predicted octanol–water partition coefficient (Wildman–Crippen LogP) is 3.41. The van der Waals surface area contributed by atoms with Gasteiger partial charge in [0.05, 0.1) is 11.3 Å². The highest BCUT2D eigenvalue weighted by molar-refractivity contribution is 6.31. The largest absolute Gasteiger partial charge is 0.447 e. The van der Waals surface area contributed by atoms with Crippen LogP contribution in [0.3, 0.4) is 0 Å². The molecule has 0 saturated heterocycles. The lowest BCUT2D eigenvalue weighted by Gasteiger charge is -2.10. The maximum atomic E-state index is 12.9. The number of nitrogens with zero attached hydrogens (tertiary/aromatic N) is 1. The van der Waals surface area contributed by atoms with E-state index in [4.69, 9.17) is 21.6 Å². The number of nitriles is 1. The van der Waals surface area contributed by atoms with Crippen LogP contribution in [-0.4, -0.2) is 18.5 Å². The Morgan fingerprint density at radius 3 is 2.57 bits per heavy atom. The molecule has 0 aliphatic rings. The Kier molecular flexibility index (Phi) is 5.28. The molecule has 0 unspecified atom stereocenters. The molecule has 0 aromatic heterocycles. The molecular formula is C16H10ClFN2O3. The standard InChI is InChI=1S/C16H10ClFN2O3/c17-11-3-6-13(16(22)23-8-7-19)14(9-11)20-15(21)10-1-4-12(18)5-2-10/h1-6,9H,8H2,(H,20,21). The number of benzene rings is 2. The Morgan fingerprint density at radius 2 is 1.91 bits per heavy atom. The zero-order valence-corrected chi connectivity index (χ0v) is 12.4. The minimum absolute atomic E-state index is 0.0557. The second kappa shape index (κ2) is 7.38. The van der Waals surface area contributed by atoms with Crippen LogP contribution in [0.4, 0.5) is 10.1 Å². The monoisotopic (exact) mass is 332 g/mol. The fourth-order valence-corrected chi connectivity index (χ4v) is 1.94. The number of esters is 1. The summed E-state index contributed by atoms with van der Waals surface area (Å²) in [7, 11) is 0. The average Bonchev–Trinajstić information content (AvgIpc) is 2.53. The zero-order valence-electron chi connectivity index (χ0n) is 11.7. The lowest BCUT2D eigenvalue weighted by atomic mass is 10.1. The summed E-state index contributed by atoms with van der Waals surface area (Å²) >= 11 is 5.87. The molecule has 2 aromatic carbocycles. The summed E-state index contributed by atoms with van der Waals surface area (Å²) in [5.74, 6) is -1.77. The van der Waals surface area contributed by atoms with Gasteiger partial charge in [-0.25, -0.2) is 9.18 Å². The molecule has 116 valence electrons. The third-order valence-electron chi connectivity index (χ3n) is 2.82. The van der Waals surface area contributed by atoms with Crippen molar-refractivity contribution in [1.82, 2.24) is 0 Å². The zero-order chi connectivity index (χ0) is 16.8. The maximum absolute atomic E-state index is 12.9. The van der Waals surface area contributed by atoms with E-state index in [1.165, 1.54) is 30.3 Å². The minimum atomic E-state index is -0.766. The van der Waals surface area contributed by atoms with E-state index >= 15 is 0 Å². The van der Waals surface area contributed by atoms with Gasteiger partial charge in [0.25, 0.3) is 5.91 Å². The summed E-state index contributed by atoms with van der Waals surface area (Å²) in [5.41, 5.74) is 0.401. The Bertz CT molecular complexity index is 785. The number of rotatable bonds is 4. The van der Waals surface area contributed by atoms with Gasteiger partial charge in [-0.05, 0) is 42.5 Å². The van der Waals surface area contributed by atoms with Gasteiger partial charge >= 0.3 is 5.97 Å². The molecule has 7 heteroatoms. The van der Waals surface area contributed by atoms with Crippen molar-refractivity contribution in [3.63, 3.8) is 0 Å². The van der Waals surface area contributed by atoms with Crippen LogP contribution in [0, 0.1) is 17.1 Å². The lowest BCUT2D eigenvalue weighted by Crippen LogP contribution is -2.16. The van der Waals surface area contributed by atoms with Crippen molar-refractivity contribution in [2.45, 2.75) is 0 Å². The third kappa shape index (κ3) is 4.28. The van der Waals surface area contributed by atoms with Crippen LogP contribution in [0.2, 0.25) is 5.02 Å². The topological polar surface area (TPSA) is 79.2 Å². The normalized spacial score (nSPS) is 9.78. The summed E-state index contributed by atoms with van der Waals surface area (Å²) in [4.78, 5) is 24.0. The van der Waals surface area contributed by atoms with Crippen LogP contribution in [0.25, 0.3) is 0 Å². The van der Waals surface area contributed by atoms with Gasteiger partial charge in [-0.15, -0.1) is 0 Å². The molecule has 0 heterocycles. The summed E-state index contributed by atoms with van der Waals surface area (Å²) in [5, 5.41) is 11.3. The van der Waals surface area contributed by atoms with Crippen molar-refractivity contribution in [2.24, 2.45) is 0 Å². The quantitative estimate of drug-likeness (QED) is 0.870. The molecule has 23 heavy (non-hydrogen) atoms. The Balaban J connectivity index is 2.26. The molecule has 0 aliphatic carbocycles. The summed E-state index contributed by atoms with van der Waals surface area (Å²) in [6, 6.07) is 10.8. The van der Waals surface area contributed by atoms with Gasteiger partial charge in [0.15, 0.2) is 6.61 Å². The molecule has 5 nitrogen and oxygen atoms in total. The van der Waals surface area contributed by atoms with Crippen LogP contribution < -0.4 is 5.32 Å². The summed E-state index contributed by atoms with van der Waals surface area (Å²) in [6.45, 7) is -0.410. The molecule has 0 aliphatic heterocycles. The second-order valence-electron chi connectivity index (χ2n) is 4.39. The number of anilines is 1. The van der Waals surface area contributed by atoms with Gasteiger partial charge in [0, 0.05) is 10.6 Å². The van der Waals surface area contributed by atoms with Crippen molar-refractivity contribution < 1.29 is 18.7 Å². The van der Waals surface area contributed by atoms with Crippen molar-refractivity contribution >= 4 is 29.2 Å². The molecule has 0 bridgehead atoms. The Morgan fingerprint density at radius 1 is 1.22 bits per heavy atom. The molecule has 0 radical (unpaired) electrons. The van der Waals surface area contributed by atoms with E-state index in [2.05, 4.69) is 5.32 Å². The summed E-state index contributed by atoms with van der Waals surface area (Å²) in [6.07, 6.45) is 0. The van der Waals surface area contributed by atoms with E-state index in [-0.39, 0.29) is 16.8 Å². The number of amides is 1. The Labute approximate surface area is 136 Å². The number of ether oxygens (including phenoxy) is 1. The van der Waals surface area contributed by atoms with Crippen molar-refractivity contribution in [3.8, 4) is 6.07 Å². The van der Waals surface area contributed by atoms with E-state index in [9.17, 15) is 14.0 Å². The van der Waals surface area contributed by atoms with Gasteiger partial charge in [-0.3, -0.25) is 4.79 Å². The Hall–Kier alpha value is -2.91. The maximum Gasteiger partial charge on any atom is 0.341 e. The minimum Gasteiger partial charge on any atom is -0.447 e. The SMILES string of the molecule is N#CCOC(=O)c1ccc(Cl)cc1NC(=O)c1ccc(F)cc1. The molecule has 1 amide bonds. The average molecular weight is 333 g/mol. The van der Waals surface area contributed by atoms with E-state index in [0.29, 0.717) is 5.02 Å². The highest BCUT2D eigenvalue weighted by atomic mass is 35.5. The van der Waals surface area contributed by atoms with E-state index in [0.717, 1.165) is 12.1 Å². The molecule has 0 atom stereocenters. The van der Waals surface area contributed by atoms with Gasteiger partial charge in [0.1, 0.15) is 11.9 Å². The van der Waals surface area contributed by atoms with Gasteiger partial charge < -0.3 is 10.1 Å². The van der Waals surface area contributed by atoms with Crippen molar-refractivity contribution in [3.05, 3.63) is 64.4 Å². The van der Waals surface area contributed by atoms with Crippen LogP contribution in [-0.2, 0) is 4.74 Å². The van der Waals surface area contributed by atoms with E-state index in [1.54, 1.807) is 6.07 Å². The van der Waals surface area contributed by atoms with Crippen LogP contribution in [0.1, 0.15) is 20.7 Å². The number of hydrogen-bond acceptors (Lipinski definition) is 4. The fraction of sp³-hybridized carbons (Fsp3) is 0.0625. The molecule has 2 aromatic rings. The van der Waals surface area contributed by atoms with Crippen LogP contribution >= 0.6 is 11.6 Å². The molecule has 1 N–H and O–H groups in total. The first kappa shape index (κ1) is 16.5.